The van der Waals surface area contributed by atoms with Crippen LogP contribution in [-0.4, -0.2) is 85.4 Å². The minimum absolute atomic E-state index is 0.0418. The van der Waals surface area contributed by atoms with Gasteiger partial charge in [0, 0.05) is 49.9 Å². The van der Waals surface area contributed by atoms with Crippen molar-refractivity contribution in [2.75, 3.05) is 50.8 Å². The summed E-state index contributed by atoms with van der Waals surface area (Å²) in [6, 6.07) is 5.15. The number of nitrogens with zero attached hydrogens (tertiary/aromatic N) is 3. The van der Waals surface area contributed by atoms with Gasteiger partial charge in [-0.05, 0) is 42.1 Å². The molecule has 0 saturated carbocycles. The van der Waals surface area contributed by atoms with E-state index in [1.807, 2.05) is 19.1 Å². The zero-order valence-corrected chi connectivity index (χ0v) is 21.8. The van der Waals surface area contributed by atoms with Crippen LogP contribution in [-0.2, 0) is 14.3 Å². The highest BCUT2D eigenvalue weighted by molar-refractivity contribution is 5.99. The molecule has 1 aromatic rings. The number of rotatable bonds is 6. The standard InChI is InChI=1S/C27H40N4O4/c1-6-29-9-11-30(12-10-29)18-7-8-19(25(28)33)20(13-18)21(14-27(3,4)5)26(34)31-15-17(2)24-23(31)22(32)16-35-24/h7-8,13,17,21,23-24H,6,9-12,14-16H2,1-5H3,(H2,28,33)/t17-,21-,23+,24+/m0/s1. The van der Waals surface area contributed by atoms with Crippen molar-refractivity contribution in [1.29, 1.82) is 0 Å². The summed E-state index contributed by atoms with van der Waals surface area (Å²) < 4.78 is 5.72. The fourth-order valence-corrected chi connectivity index (χ4v) is 5.84. The highest BCUT2D eigenvalue weighted by Gasteiger charge is 2.52. The van der Waals surface area contributed by atoms with E-state index in [2.05, 4.69) is 37.5 Å². The molecule has 8 heteroatoms. The normalized spacial score (nSPS) is 26.2. The average molecular weight is 485 g/mol. The van der Waals surface area contributed by atoms with Crippen molar-refractivity contribution >= 4 is 23.3 Å². The molecule has 0 unspecified atom stereocenters. The molecular formula is C27H40N4O4. The molecule has 3 fully saturated rings. The number of likely N-dealkylation sites (N-methyl/N-ethyl adjacent to an activating group) is 1. The van der Waals surface area contributed by atoms with Crippen molar-refractivity contribution in [3.05, 3.63) is 29.3 Å². The lowest BCUT2D eigenvalue weighted by Gasteiger charge is -2.36. The van der Waals surface area contributed by atoms with Crippen LogP contribution in [0.1, 0.15) is 62.9 Å². The van der Waals surface area contributed by atoms with E-state index in [0.29, 0.717) is 24.1 Å². The van der Waals surface area contributed by atoms with Gasteiger partial charge in [-0.2, -0.15) is 0 Å². The largest absolute Gasteiger partial charge is 0.369 e. The van der Waals surface area contributed by atoms with E-state index in [9.17, 15) is 14.4 Å². The van der Waals surface area contributed by atoms with Crippen LogP contribution in [0.4, 0.5) is 5.69 Å². The molecule has 3 saturated heterocycles. The number of hydrogen-bond donors (Lipinski definition) is 1. The summed E-state index contributed by atoms with van der Waals surface area (Å²) in [4.78, 5) is 45.7. The summed E-state index contributed by atoms with van der Waals surface area (Å²) in [5.74, 6) is -1.19. The van der Waals surface area contributed by atoms with Gasteiger partial charge in [-0.15, -0.1) is 0 Å². The van der Waals surface area contributed by atoms with Crippen LogP contribution in [0.15, 0.2) is 18.2 Å². The fraction of sp³-hybridized carbons (Fsp3) is 0.667. The Balaban J connectivity index is 1.72. The molecule has 3 aliphatic rings. The first-order valence-corrected chi connectivity index (χ1v) is 12.9. The molecule has 0 aliphatic carbocycles. The molecule has 0 spiro atoms. The number of primary amides is 1. The monoisotopic (exact) mass is 484 g/mol. The smallest absolute Gasteiger partial charge is 0.249 e. The first-order valence-electron chi connectivity index (χ1n) is 12.9. The number of carbonyl (C=O) groups excluding carboxylic acids is 3. The van der Waals surface area contributed by atoms with Crippen LogP contribution in [0, 0.1) is 11.3 Å². The first-order chi connectivity index (χ1) is 16.5. The number of benzene rings is 1. The molecule has 192 valence electrons. The number of hydrogen-bond acceptors (Lipinski definition) is 6. The van der Waals surface area contributed by atoms with Gasteiger partial charge in [-0.3, -0.25) is 14.4 Å². The van der Waals surface area contributed by atoms with Gasteiger partial charge in [0.1, 0.15) is 12.6 Å². The topological polar surface area (TPSA) is 96.2 Å². The predicted molar refractivity (Wildman–Crippen MR) is 136 cm³/mol. The van der Waals surface area contributed by atoms with Crippen molar-refractivity contribution < 1.29 is 19.1 Å². The number of likely N-dealkylation sites (tertiary alicyclic amines) is 1. The first kappa shape index (κ1) is 25.6. The second kappa shape index (κ2) is 9.90. The van der Waals surface area contributed by atoms with Crippen molar-refractivity contribution in [3.63, 3.8) is 0 Å². The lowest BCUT2D eigenvalue weighted by atomic mass is 9.79. The summed E-state index contributed by atoms with van der Waals surface area (Å²) in [6.07, 6.45) is 0.287. The van der Waals surface area contributed by atoms with E-state index in [-0.39, 0.29) is 35.7 Å². The highest BCUT2D eigenvalue weighted by atomic mass is 16.5. The van der Waals surface area contributed by atoms with Crippen LogP contribution >= 0.6 is 0 Å². The molecule has 35 heavy (non-hydrogen) atoms. The van der Waals surface area contributed by atoms with Gasteiger partial charge in [0.05, 0.1) is 12.0 Å². The number of anilines is 1. The number of carbonyl (C=O) groups is 3. The second-order valence-corrected chi connectivity index (χ2v) is 11.5. The minimum Gasteiger partial charge on any atom is -0.369 e. The quantitative estimate of drug-likeness (QED) is 0.665. The summed E-state index contributed by atoms with van der Waals surface area (Å²) >= 11 is 0. The van der Waals surface area contributed by atoms with E-state index in [0.717, 1.165) is 38.4 Å². The van der Waals surface area contributed by atoms with Gasteiger partial charge >= 0.3 is 0 Å². The van der Waals surface area contributed by atoms with Gasteiger partial charge in [0.15, 0.2) is 5.78 Å². The Labute approximate surface area is 208 Å². The Morgan fingerprint density at radius 2 is 1.86 bits per heavy atom. The van der Waals surface area contributed by atoms with Crippen LogP contribution < -0.4 is 10.6 Å². The van der Waals surface area contributed by atoms with E-state index < -0.39 is 17.9 Å². The lowest BCUT2D eigenvalue weighted by molar-refractivity contribution is -0.138. The number of amides is 2. The van der Waals surface area contributed by atoms with E-state index in [1.165, 1.54) is 0 Å². The van der Waals surface area contributed by atoms with Crippen LogP contribution in [0.3, 0.4) is 0 Å². The number of piperazine rings is 1. The third-order valence-corrected chi connectivity index (χ3v) is 7.70. The van der Waals surface area contributed by atoms with Crippen molar-refractivity contribution in [1.82, 2.24) is 9.80 Å². The zero-order chi connectivity index (χ0) is 25.5. The number of ether oxygens (including phenoxy) is 1. The maximum absolute atomic E-state index is 14.1. The summed E-state index contributed by atoms with van der Waals surface area (Å²) in [7, 11) is 0. The molecule has 0 aromatic heterocycles. The second-order valence-electron chi connectivity index (χ2n) is 11.5. The summed E-state index contributed by atoms with van der Waals surface area (Å²) in [6.45, 7) is 15.7. The third-order valence-electron chi connectivity index (χ3n) is 7.70. The average Bonchev–Trinajstić information content (AvgIpc) is 3.36. The molecule has 1 aromatic carbocycles. The van der Waals surface area contributed by atoms with E-state index in [4.69, 9.17) is 10.5 Å². The molecule has 2 N–H and O–H groups in total. The van der Waals surface area contributed by atoms with Crippen LogP contribution in [0.25, 0.3) is 0 Å². The zero-order valence-electron chi connectivity index (χ0n) is 21.8. The molecule has 4 rings (SSSR count). The molecule has 0 radical (unpaired) electrons. The van der Waals surface area contributed by atoms with Crippen molar-refractivity contribution in [3.8, 4) is 0 Å². The number of fused-ring (bicyclic) bond motifs is 1. The third kappa shape index (κ3) is 5.23. The SMILES string of the molecule is CCN1CCN(c2ccc(C(N)=O)c([C@H](CC(C)(C)C)C(=O)N3C[C@H](C)[C@H]4OCC(=O)[C@H]43)c2)CC1. The summed E-state index contributed by atoms with van der Waals surface area (Å²) in [5, 5.41) is 0. The number of nitrogens with two attached hydrogens (primary N) is 1. The lowest BCUT2D eigenvalue weighted by Crippen LogP contribution is -2.46. The Morgan fingerprint density at radius 3 is 2.46 bits per heavy atom. The van der Waals surface area contributed by atoms with Crippen LogP contribution in [0.2, 0.25) is 0 Å². The number of Topliss-reactive ketones (excluding diaryl/α,β-unsaturated/α-hetero) is 1. The van der Waals surface area contributed by atoms with Crippen molar-refractivity contribution in [2.24, 2.45) is 17.1 Å². The van der Waals surface area contributed by atoms with E-state index >= 15 is 0 Å². The molecule has 3 heterocycles. The van der Waals surface area contributed by atoms with Gasteiger partial charge in [0.2, 0.25) is 11.8 Å². The number of ketones is 1. The Kier molecular flexibility index (Phi) is 7.25. The predicted octanol–water partition coefficient (Wildman–Crippen LogP) is 2.26. The van der Waals surface area contributed by atoms with E-state index in [1.54, 1.807) is 11.0 Å². The molecule has 4 atom stereocenters. The molecule has 3 aliphatic heterocycles. The Hall–Kier alpha value is -2.45. The van der Waals surface area contributed by atoms with Crippen molar-refractivity contribution in [2.45, 2.75) is 59.1 Å². The molecule has 0 bridgehead atoms. The van der Waals surface area contributed by atoms with Gasteiger partial charge in [0.25, 0.3) is 0 Å². The maximum Gasteiger partial charge on any atom is 0.249 e. The summed E-state index contributed by atoms with van der Waals surface area (Å²) in [5.41, 5.74) is 7.66. The molecular weight excluding hydrogens is 444 g/mol. The van der Waals surface area contributed by atoms with Gasteiger partial charge in [-0.25, -0.2) is 0 Å². The molecule has 8 nitrogen and oxygen atoms in total. The van der Waals surface area contributed by atoms with Gasteiger partial charge in [-0.1, -0.05) is 34.6 Å². The van der Waals surface area contributed by atoms with Gasteiger partial charge < -0.3 is 25.2 Å². The minimum atomic E-state index is -0.575. The highest BCUT2D eigenvalue weighted by Crippen LogP contribution is 2.40. The van der Waals surface area contributed by atoms with Crippen LogP contribution in [0.5, 0.6) is 0 Å². The Bertz CT molecular complexity index is 980. The Morgan fingerprint density at radius 1 is 1.17 bits per heavy atom. The molecule has 2 amide bonds. The maximum atomic E-state index is 14.1. The fourth-order valence-electron chi connectivity index (χ4n) is 5.84.